The van der Waals surface area contributed by atoms with Crippen LogP contribution in [0.2, 0.25) is 0 Å². The smallest absolute Gasteiger partial charge is 0.240 e. The van der Waals surface area contributed by atoms with Crippen molar-refractivity contribution in [2.24, 2.45) is 5.92 Å². The van der Waals surface area contributed by atoms with Gasteiger partial charge in [-0.25, -0.2) is 0 Å². The van der Waals surface area contributed by atoms with Gasteiger partial charge in [-0.05, 0) is 32.4 Å². The highest BCUT2D eigenvalue weighted by Crippen LogP contribution is 2.40. The first-order chi connectivity index (χ1) is 7.85. The fourth-order valence-electron chi connectivity index (χ4n) is 2.57. The summed E-state index contributed by atoms with van der Waals surface area (Å²) in [4.78, 5) is 10.7. The van der Waals surface area contributed by atoms with Crippen LogP contribution in [0.15, 0.2) is 24.3 Å². The summed E-state index contributed by atoms with van der Waals surface area (Å²) < 4.78 is 11.5. The van der Waals surface area contributed by atoms with Gasteiger partial charge in [-0.3, -0.25) is 10.1 Å². The molecule has 0 aromatic rings. The monoisotopic (exact) mass is 239 g/mol. The zero-order valence-corrected chi connectivity index (χ0v) is 10.3. The summed E-state index contributed by atoms with van der Waals surface area (Å²) in [6, 6.07) is -0.772. The van der Waals surface area contributed by atoms with E-state index in [9.17, 15) is 10.1 Å². The molecule has 1 fully saturated rings. The SMILES string of the molecule is C=CC1[C@@H]2OC(C)(C)O[C@@H]2C(C)=C[C@@H]1[N+](=O)[O-]. The van der Waals surface area contributed by atoms with Crippen molar-refractivity contribution < 1.29 is 14.4 Å². The summed E-state index contributed by atoms with van der Waals surface area (Å²) in [5.74, 6) is -1.04. The van der Waals surface area contributed by atoms with Gasteiger partial charge in [-0.1, -0.05) is 6.08 Å². The minimum Gasteiger partial charge on any atom is -0.343 e. The van der Waals surface area contributed by atoms with Crippen LogP contribution < -0.4 is 0 Å². The van der Waals surface area contributed by atoms with Gasteiger partial charge >= 0.3 is 0 Å². The van der Waals surface area contributed by atoms with Gasteiger partial charge in [0.2, 0.25) is 6.04 Å². The lowest BCUT2D eigenvalue weighted by molar-refractivity contribution is -0.519. The number of fused-ring (bicyclic) bond motifs is 1. The van der Waals surface area contributed by atoms with Gasteiger partial charge in [-0.15, -0.1) is 6.58 Å². The normalized spacial score (nSPS) is 39.4. The van der Waals surface area contributed by atoms with E-state index in [2.05, 4.69) is 6.58 Å². The van der Waals surface area contributed by atoms with Crippen molar-refractivity contribution in [3.8, 4) is 0 Å². The number of rotatable bonds is 2. The molecule has 0 radical (unpaired) electrons. The summed E-state index contributed by atoms with van der Waals surface area (Å²) in [6.07, 6.45) is 2.73. The minimum absolute atomic E-state index is 0.204. The number of hydrogen-bond donors (Lipinski definition) is 0. The molecule has 1 heterocycles. The third-order valence-corrected chi connectivity index (χ3v) is 3.30. The molecule has 0 N–H and O–H groups in total. The molecule has 0 aromatic carbocycles. The van der Waals surface area contributed by atoms with E-state index in [0.717, 1.165) is 5.57 Å². The van der Waals surface area contributed by atoms with E-state index in [1.54, 1.807) is 12.2 Å². The highest BCUT2D eigenvalue weighted by molar-refractivity contribution is 5.22. The van der Waals surface area contributed by atoms with Crippen molar-refractivity contribution in [2.75, 3.05) is 0 Å². The second-order valence-electron chi connectivity index (χ2n) is 5.02. The molecule has 2 aliphatic rings. The highest BCUT2D eigenvalue weighted by Gasteiger charge is 2.52. The molecule has 0 saturated carbocycles. The van der Waals surface area contributed by atoms with Gasteiger partial charge in [0.05, 0.1) is 5.92 Å². The Balaban J connectivity index is 2.37. The number of hydrogen-bond acceptors (Lipinski definition) is 4. The third-order valence-electron chi connectivity index (χ3n) is 3.30. The van der Waals surface area contributed by atoms with Crippen LogP contribution in [0.4, 0.5) is 0 Å². The van der Waals surface area contributed by atoms with Crippen molar-refractivity contribution in [3.63, 3.8) is 0 Å². The first kappa shape index (κ1) is 12.3. The molecular formula is C12H17NO4. The maximum Gasteiger partial charge on any atom is 0.240 e. The Hall–Kier alpha value is -1.20. The Morgan fingerprint density at radius 3 is 2.71 bits per heavy atom. The summed E-state index contributed by atoms with van der Waals surface area (Å²) in [5, 5.41) is 11.0. The maximum atomic E-state index is 11.0. The average Bonchev–Trinajstić information content (AvgIpc) is 2.54. The molecule has 0 spiro atoms. The van der Waals surface area contributed by atoms with Crippen molar-refractivity contribution in [3.05, 3.63) is 34.4 Å². The van der Waals surface area contributed by atoms with Crippen LogP contribution in [0.5, 0.6) is 0 Å². The molecule has 94 valence electrons. The molecule has 5 heteroatoms. The van der Waals surface area contributed by atoms with Crippen LogP contribution in [0, 0.1) is 16.0 Å². The van der Waals surface area contributed by atoms with E-state index in [-0.39, 0.29) is 23.0 Å². The molecule has 0 amide bonds. The molecule has 0 bridgehead atoms. The molecule has 2 rings (SSSR count). The molecular weight excluding hydrogens is 222 g/mol. The molecule has 1 aliphatic heterocycles. The molecule has 1 saturated heterocycles. The van der Waals surface area contributed by atoms with Crippen LogP contribution in [0.3, 0.4) is 0 Å². The Bertz CT molecular complexity index is 388. The summed E-state index contributed by atoms with van der Waals surface area (Å²) >= 11 is 0. The van der Waals surface area contributed by atoms with Crippen molar-refractivity contribution in [1.29, 1.82) is 0 Å². The lowest BCUT2D eigenvalue weighted by Gasteiger charge is -2.29. The molecule has 1 aliphatic carbocycles. The standard InChI is InChI=1S/C12H17NO4/c1-5-8-9(13(14)15)6-7(2)10-11(8)17-12(3,4)16-10/h5-6,8-11H,1H2,2-4H3/t8?,9-,10+,11-/m0/s1. The number of nitrogens with zero attached hydrogens (tertiary/aromatic N) is 1. The molecule has 4 atom stereocenters. The van der Waals surface area contributed by atoms with Crippen molar-refractivity contribution in [2.45, 2.75) is 44.8 Å². The minimum atomic E-state index is -0.772. The van der Waals surface area contributed by atoms with Gasteiger partial charge < -0.3 is 9.47 Å². The number of ether oxygens (including phenoxy) is 2. The highest BCUT2D eigenvalue weighted by atomic mass is 16.8. The van der Waals surface area contributed by atoms with E-state index < -0.39 is 11.8 Å². The van der Waals surface area contributed by atoms with Crippen molar-refractivity contribution in [1.82, 2.24) is 0 Å². The zero-order chi connectivity index (χ0) is 12.8. The fourth-order valence-corrected chi connectivity index (χ4v) is 2.57. The second kappa shape index (κ2) is 3.92. The third kappa shape index (κ3) is 2.00. The van der Waals surface area contributed by atoms with E-state index in [0.29, 0.717) is 0 Å². The Morgan fingerprint density at radius 1 is 1.53 bits per heavy atom. The topological polar surface area (TPSA) is 61.6 Å². The van der Waals surface area contributed by atoms with Crippen LogP contribution >= 0.6 is 0 Å². The predicted octanol–water partition coefficient (Wildman–Crippen LogP) is 1.91. The van der Waals surface area contributed by atoms with Gasteiger partial charge in [-0.2, -0.15) is 0 Å². The van der Waals surface area contributed by atoms with E-state index >= 15 is 0 Å². The average molecular weight is 239 g/mol. The Labute approximate surface area is 100 Å². The van der Waals surface area contributed by atoms with Crippen LogP contribution in [-0.2, 0) is 9.47 Å². The van der Waals surface area contributed by atoms with Crippen LogP contribution in [0.25, 0.3) is 0 Å². The van der Waals surface area contributed by atoms with Crippen LogP contribution in [-0.4, -0.2) is 29.0 Å². The lowest BCUT2D eigenvalue weighted by atomic mass is 9.82. The quantitative estimate of drug-likeness (QED) is 0.419. The second-order valence-corrected chi connectivity index (χ2v) is 5.02. The lowest BCUT2D eigenvalue weighted by Crippen LogP contribution is -2.44. The molecule has 5 nitrogen and oxygen atoms in total. The first-order valence-electron chi connectivity index (χ1n) is 5.66. The molecule has 1 unspecified atom stereocenters. The maximum absolute atomic E-state index is 11.0. The predicted molar refractivity (Wildman–Crippen MR) is 62.1 cm³/mol. The zero-order valence-electron chi connectivity index (χ0n) is 10.3. The van der Waals surface area contributed by atoms with E-state index in [1.165, 1.54) is 0 Å². The summed E-state index contributed by atoms with van der Waals surface area (Å²) in [5.41, 5.74) is 0.861. The van der Waals surface area contributed by atoms with Crippen LogP contribution in [0.1, 0.15) is 20.8 Å². The Kier molecular flexibility index (Phi) is 2.83. The van der Waals surface area contributed by atoms with E-state index in [4.69, 9.17) is 9.47 Å². The van der Waals surface area contributed by atoms with E-state index in [1.807, 2.05) is 20.8 Å². The molecule has 17 heavy (non-hydrogen) atoms. The largest absolute Gasteiger partial charge is 0.343 e. The summed E-state index contributed by atoms with van der Waals surface area (Å²) in [6.45, 7) is 9.17. The van der Waals surface area contributed by atoms with Crippen molar-refractivity contribution >= 4 is 0 Å². The van der Waals surface area contributed by atoms with Gasteiger partial charge in [0, 0.05) is 4.92 Å². The van der Waals surface area contributed by atoms with Gasteiger partial charge in [0.1, 0.15) is 12.2 Å². The summed E-state index contributed by atoms with van der Waals surface area (Å²) in [7, 11) is 0. The fraction of sp³-hybridized carbons (Fsp3) is 0.667. The van der Waals surface area contributed by atoms with Gasteiger partial charge in [0.15, 0.2) is 5.79 Å². The molecule has 0 aromatic heterocycles. The van der Waals surface area contributed by atoms with Gasteiger partial charge in [0.25, 0.3) is 0 Å². The Morgan fingerprint density at radius 2 is 2.18 bits per heavy atom. The first-order valence-corrected chi connectivity index (χ1v) is 5.66. The number of nitro groups is 1.